The third-order valence-corrected chi connectivity index (χ3v) is 2.40. The molecule has 0 fully saturated rings. The Kier molecular flexibility index (Phi) is 7.20. The van der Waals surface area contributed by atoms with Crippen molar-refractivity contribution in [1.82, 2.24) is 10.2 Å². The highest BCUT2D eigenvalue weighted by Crippen LogP contribution is 2.05. The van der Waals surface area contributed by atoms with Gasteiger partial charge >= 0.3 is 0 Å². The maximum absolute atomic E-state index is 3.64. The highest BCUT2D eigenvalue weighted by Gasteiger charge is 2.08. The molecule has 0 aromatic heterocycles. The van der Waals surface area contributed by atoms with Crippen molar-refractivity contribution in [2.24, 2.45) is 5.92 Å². The Morgan fingerprint density at radius 3 is 2.00 bits per heavy atom. The molecule has 0 aliphatic heterocycles. The van der Waals surface area contributed by atoms with Crippen molar-refractivity contribution in [2.75, 3.05) is 20.6 Å². The van der Waals surface area contributed by atoms with Gasteiger partial charge in [-0.2, -0.15) is 0 Å². The summed E-state index contributed by atoms with van der Waals surface area (Å²) in [5.41, 5.74) is 0. The lowest BCUT2D eigenvalue weighted by Gasteiger charge is -2.22. The molecular weight excluding hydrogens is 172 g/mol. The average molecular weight is 200 g/mol. The summed E-state index contributed by atoms with van der Waals surface area (Å²) in [6, 6.07) is 1.28. The predicted octanol–water partition coefficient (Wildman–Crippen LogP) is 2.35. The van der Waals surface area contributed by atoms with E-state index in [1.54, 1.807) is 0 Å². The van der Waals surface area contributed by atoms with Gasteiger partial charge in [-0.1, -0.05) is 13.8 Å². The Bertz CT molecular complexity index is 132. The predicted molar refractivity (Wildman–Crippen MR) is 64.7 cm³/mol. The van der Waals surface area contributed by atoms with E-state index in [2.05, 4.69) is 52.0 Å². The van der Waals surface area contributed by atoms with Crippen molar-refractivity contribution in [3.8, 4) is 0 Å². The summed E-state index contributed by atoms with van der Waals surface area (Å²) in [6.07, 6.45) is 2.50. The molecule has 14 heavy (non-hydrogen) atoms. The van der Waals surface area contributed by atoms with Crippen LogP contribution in [0.2, 0.25) is 0 Å². The molecule has 2 heteroatoms. The molecule has 2 atom stereocenters. The maximum atomic E-state index is 3.64. The normalized spacial score (nSPS) is 16.3. The van der Waals surface area contributed by atoms with Crippen molar-refractivity contribution in [2.45, 2.75) is 52.6 Å². The Balaban J connectivity index is 3.55. The zero-order chi connectivity index (χ0) is 11.1. The van der Waals surface area contributed by atoms with Gasteiger partial charge in [-0.25, -0.2) is 0 Å². The van der Waals surface area contributed by atoms with Gasteiger partial charge in [-0.3, -0.25) is 0 Å². The number of rotatable bonds is 7. The number of nitrogens with zero attached hydrogens (tertiary/aromatic N) is 1. The smallest absolute Gasteiger partial charge is 0.00533 e. The highest BCUT2D eigenvalue weighted by atomic mass is 15.1. The van der Waals surface area contributed by atoms with E-state index in [0.717, 1.165) is 5.92 Å². The van der Waals surface area contributed by atoms with Gasteiger partial charge in [0.15, 0.2) is 0 Å². The van der Waals surface area contributed by atoms with Crippen LogP contribution >= 0.6 is 0 Å². The van der Waals surface area contributed by atoms with E-state index >= 15 is 0 Å². The van der Waals surface area contributed by atoms with Crippen LogP contribution < -0.4 is 5.32 Å². The fraction of sp³-hybridized carbons (Fsp3) is 1.00. The van der Waals surface area contributed by atoms with Gasteiger partial charge in [-0.05, 0) is 53.2 Å². The van der Waals surface area contributed by atoms with Crippen molar-refractivity contribution in [3.63, 3.8) is 0 Å². The molecule has 0 aliphatic rings. The molecule has 0 radical (unpaired) electrons. The molecule has 0 saturated carbocycles. The summed E-state index contributed by atoms with van der Waals surface area (Å²) in [7, 11) is 4.26. The molecule has 2 unspecified atom stereocenters. The van der Waals surface area contributed by atoms with Crippen LogP contribution in [0.1, 0.15) is 40.5 Å². The minimum Gasteiger partial charge on any atom is -0.312 e. The Morgan fingerprint density at radius 1 is 1.00 bits per heavy atom. The van der Waals surface area contributed by atoms with Crippen LogP contribution in [0.3, 0.4) is 0 Å². The number of hydrogen-bond acceptors (Lipinski definition) is 2. The van der Waals surface area contributed by atoms with Crippen LogP contribution in [-0.4, -0.2) is 37.6 Å². The van der Waals surface area contributed by atoms with Crippen LogP contribution in [0, 0.1) is 5.92 Å². The molecular formula is C12H28N2. The van der Waals surface area contributed by atoms with Crippen LogP contribution in [0.5, 0.6) is 0 Å². The fourth-order valence-electron chi connectivity index (χ4n) is 1.80. The third-order valence-electron chi connectivity index (χ3n) is 2.40. The molecule has 0 heterocycles. The first kappa shape index (κ1) is 13.9. The molecule has 0 aromatic rings. The maximum Gasteiger partial charge on any atom is 0.00533 e. The molecule has 2 nitrogen and oxygen atoms in total. The van der Waals surface area contributed by atoms with Gasteiger partial charge in [0.05, 0.1) is 0 Å². The van der Waals surface area contributed by atoms with Crippen molar-refractivity contribution in [3.05, 3.63) is 0 Å². The second kappa shape index (κ2) is 7.24. The molecule has 86 valence electrons. The second-order valence-corrected chi connectivity index (χ2v) is 5.19. The van der Waals surface area contributed by atoms with Gasteiger partial charge in [0.1, 0.15) is 0 Å². The van der Waals surface area contributed by atoms with Crippen molar-refractivity contribution < 1.29 is 0 Å². The topological polar surface area (TPSA) is 15.3 Å². The average Bonchev–Trinajstić information content (AvgIpc) is 1.98. The molecule has 0 amide bonds. The largest absolute Gasteiger partial charge is 0.312 e. The van der Waals surface area contributed by atoms with Gasteiger partial charge in [0, 0.05) is 12.1 Å². The zero-order valence-electron chi connectivity index (χ0n) is 10.8. The Morgan fingerprint density at radius 2 is 1.57 bits per heavy atom. The molecule has 0 bridgehead atoms. The number of nitrogens with one attached hydrogen (secondary N) is 1. The summed E-state index contributed by atoms with van der Waals surface area (Å²) >= 11 is 0. The van der Waals surface area contributed by atoms with Crippen LogP contribution in [-0.2, 0) is 0 Å². The van der Waals surface area contributed by atoms with Gasteiger partial charge < -0.3 is 10.2 Å². The molecule has 0 aliphatic carbocycles. The first-order valence-electron chi connectivity index (χ1n) is 5.82. The minimum atomic E-state index is 0.631. The Hall–Kier alpha value is -0.0800. The van der Waals surface area contributed by atoms with E-state index < -0.39 is 0 Å². The molecule has 0 saturated heterocycles. The lowest BCUT2D eigenvalue weighted by Crippen LogP contribution is -2.37. The van der Waals surface area contributed by atoms with E-state index in [1.807, 2.05) is 0 Å². The summed E-state index contributed by atoms with van der Waals surface area (Å²) in [4.78, 5) is 2.24. The molecule has 0 aromatic carbocycles. The summed E-state index contributed by atoms with van der Waals surface area (Å²) in [5, 5.41) is 3.64. The van der Waals surface area contributed by atoms with Crippen molar-refractivity contribution in [1.29, 1.82) is 0 Å². The molecule has 1 N–H and O–H groups in total. The first-order chi connectivity index (χ1) is 6.41. The number of hydrogen-bond donors (Lipinski definition) is 1. The second-order valence-electron chi connectivity index (χ2n) is 5.19. The van der Waals surface area contributed by atoms with Gasteiger partial charge in [0.2, 0.25) is 0 Å². The van der Waals surface area contributed by atoms with E-state index in [1.165, 1.54) is 19.4 Å². The summed E-state index contributed by atoms with van der Waals surface area (Å²) in [5.74, 6) is 0.790. The summed E-state index contributed by atoms with van der Waals surface area (Å²) < 4.78 is 0. The third kappa shape index (κ3) is 8.52. The molecule has 0 rings (SSSR count). The van der Waals surface area contributed by atoms with Crippen molar-refractivity contribution >= 4 is 0 Å². The molecule has 0 spiro atoms. The standard InChI is InChI=1S/C12H28N2/c1-10(2)9-12(4)13-11(3)7-8-14(5)6/h10-13H,7-9H2,1-6H3. The first-order valence-corrected chi connectivity index (χ1v) is 5.82. The monoisotopic (exact) mass is 200 g/mol. The fourth-order valence-corrected chi connectivity index (χ4v) is 1.80. The van der Waals surface area contributed by atoms with E-state index in [9.17, 15) is 0 Å². The lowest BCUT2D eigenvalue weighted by molar-refractivity contribution is 0.338. The minimum absolute atomic E-state index is 0.631. The summed E-state index contributed by atoms with van der Waals surface area (Å²) in [6.45, 7) is 10.3. The van der Waals surface area contributed by atoms with Crippen LogP contribution in [0.4, 0.5) is 0 Å². The Labute approximate surface area is 90.1 Å². The highest BCUT2D eigenvalue weighted by molar-refractivity contribution is 4.69. The van der Waals surface area contributed by atoms with Crippen LogP contribution in [0.15, 0.2) is 0 Å². The SMILES string of the molecule is CC(C)CC(C)NC(C)CCN(C)C. The van der Waals surface area contributed by atoms with Gasteiger partial charge in [-0.15, -0.1) is 0 Å². The van der Waals surface area contributed by atoms with E-state index in [-0.39, 0.29) is 0 Å². The van der Waals surface area contributed by atoms with Crippen LogP contribution in [0.25, 0.3) is 0 Å². The quantitative estimate of drug-likeness (QED) is 0.678. The van der Waals surface area contributed by atoms with E-state index in [0.29, 0.717) is 12.1 Å². The zero-order valence-corrected chi connectivity index (χ0v) is 10.8. The van der Waals surface area contributed by atoms with E-state index in [4.69, 9.17) is 0 Å². The van der Waals surface area contributed by atoms with Gasteiger partial charge in [0.25, 0.3) is 0 Å². The lowest BCUT2D eigenvalue weighted by atomic mass is 10.0.